The molecule has 33 heavy (non-hydrogen) atoms. The van der Waals surface area contributed by atoms with Crippen LogP contribution in [-0.2, 0) is 36.9 Å². The fourth-order valence-electron chi connectivity index (χ4n) is 5.10. The highest BCUT2D eigenvalue weighted by molar-refractivity contribution is 5.79. The van der Waals surface area contributed by atoms with Crippen LogP contribution >= 0.6 is 0 Å². The van der Waals surface area contributed by atoms with E-state index in [0.717, 1.165) is 51.0 Å². The van der Waals surface area contributed by atoms with E-state index >= 15 is 0 Å². The fourth-order valence-corrected chi connectivity index (χ4v) is 5.10. The molecule has 1 N–H and O–H groups in total. The standard InChI is InChI=1S/C21H24F3N5O.C3H8/c22-21(23,24)16-7-14-11-29(6-3-18(14)25-10-16)20(30)13-1-2-17(8-13)28-5-4-19-15(12-28)9-26-27-19;1-3-2/h7,9-10,13,17H,1-6,8,11-12H2,(H,26,27);3H2,1-2H3. The van der Waals surface area contributed by atoms with Crippen molar-refractivity contribution in [1.29, 1.82) is 0 Å². The van der Waals surface area contributed by atoms with Gasteiger partial charge >= 0.3 is 6.18 Å². The predicted molar refractivity (Wildman–Crippen MR) is 118 cm³/mol. The molecular weight excluding hydrogens is 431 g/mol. The number of amides is 1. The molecule has 2 aliphatic heterocycles. The van der Waals surface area contributed by atoms with Crippen molar-refractivity contribution in [3.63, 3.8) is 0 Å². The molecule has 0 saturated heterocycles. The second-order valence-electron chi connectivity index (χ2n) is 9.30. The maximum absolute atomic E-state index is 13.1. The summed E-state index contributed by atoms with van der Waals surface area (Å²) in [6, 6.07) is 1.52. The molecule has 1 fully saturated rings. The molecule has 180 valence electrons. The zero-order chi connectivity index (χ0) is 23.6. The Morgan fingerprint density at radius 2 is 1.91 bits per heavy atom. The fraction of sp³-hybridized carbons (Fsp3) is 0.625. The molecule has 9 heteroatoms. The number of nitrogens with one attached hydrogen (secondary N) is 1. The molecule has 1 amide bonds. The number of hydrogen-bond donors (Lipinski definition) is 1. The minimum atomic E-state index is -4.42. The Morgan fingerprint density at radius 3 is 2.67 bits per heavy atom. The first kappa shape index (κ1) is 23.7. The van der Waals surface area contributed by atoms with Gasteiger partial charge in [-0.25, -0.2) is 0 Å². The number of alkyl halides is 3. The summed E-state index contributed by atoms with van der Waals surface area (Å²) in [4.78, 5) is 21.3. The van der Waals surface area contributed by atoms with Gasteiger partial charge in [-0.2, -0.15) is 18.3 Å². The molecule has 2 aromatic rings. The van der Waals surface area contributed by atoms with Gasteiger partial charge in [-0.05, 0) is 30.9 Å². The smallest absolute Gasteiger partial charge is 0.338 e. The summed E-state index contributed by atoms with van der Waals surface area (Å²) < 4.78 is 39.1. The van der Waals surface area contributed by atoms with E-state index in [1.807, 2.05) is 6.20 Å². The van der Waals surface area contributed by atoms with Gasteiger partial charge in [-0.15, -0.1) is 0 Å². The molecule has 5 rings (SSSR count). The van der Waals surface area contributed by atoms with Crippen molar-refractivity contribution >= 4 is 5.91 Å². The maximum atomic E-state index is 13.1. The highest BCUT2D eigenvalue weighted by Gasteiger charge is 2.38. The van der Waals surface area contributed by atoms with Crippen LogP contribution in [0.15, 0.2) is 18.5 Å². The van der Waals surface area contributed by atoms with E-state index < -0.39 is 11.7 Å². The van der Waals surface area contributed by atoms with Gasteiger partial charge in [0.15, 0.2) is 0 Å². The Balaban J connectivity index is 0.000000821. The lowest BCUT2D eigenvalue weighted by molar-refractivity contribution is -0.137. The van der Waals surface area contributed by atoms with Crippen LogP contribution in [0.2, 0.25) is 0 Å². The van der Waals surface area contributed by atoms with E-state index in [1.54, 1.807) is 4.90 Å². The molecule has 2 aromatic heterocycles. The molecule has 2 atom stereocenters. The van der Waals surface area contributed by atoms with E-state index in [2.05, 4.69) is 33.9 Å². The number of halogens is 3. The highest BCUT2D eigenvalue weighted by atomic mass is 19.4. The first-order chi connectivity index (χ1) is 15.8. The van der Waals surface area contributed by atoms with Crippen LogP contribution in [0.1, 0.15) is 67.6 Å². The van der Waals surface area contributed by atoms with Gasteiger partial charge < -0.3 is 4.90 Å². The number of pyridine rings is 1. The van der Waals surface area contributed by atoms with E-state index in [4.69, 9.17) is 0 Å². The van der Waals surface area contributed by atoms with Crippen LogP contribution in [0.3, 0.4) is 0 Å². The second-order valence-corrected chi connectivity index (χ2v) is 9.30. The second kappa shape index (κ2) is 9.83. The minimum Gasteiger partial charge on any atom is -0.338 e. The van der Waals surface area contributed by atoms with Crippen molar-refractivity contribution in [1.82, 2.24) is 25.0 Å². The SMILES string of the molecule is CCC.O=C(C1CCC(N2CCc3[nH]ncc3C2)C1)N1CCc2ncc(C(F)(F)F)cc2C1. The van der Waals surface area contributed by atoms with Crippen LogP contribution in [0.5, 0.6) is 0 Å². The molecule has 3 aliphatic rings. The molecule has 4 heterocycles. The Bertz CT molecular complexity index is 973. The van der Waals surface area contributed by atoms with Gasteiger partial charge in [0.25, 0.3) is 0 Å². The maximum Gasteiger partial charge on any atom is 0.417 e. The van der Waals surface area contributed by atoms with Gasteiger partial charge in [0.05, 0.1) is 11.8 Å². The number of rotatable bonds is 2. The lowest BCUT2D eigenvalue weighted by Gasteiger charge is -2.33. The third-order valence-corrected chi connectivity index (χ3v) is 6.78. The van der Waals surface area contributed by atoms with Gasteiger partial charge in [0, 0.05) is 74.1 Å². The van der Waals surface area contributed by atoms with Crippen molar-refractivity contribution in [2.75, 3.05) is 13.1 Å². The van der Waals surface area contributed by atoms with Crippen molar-refractivity contribution in [3.05, 3.63) is 46.5 Å². The number of H-pyrrole nitrogens is 1. The molecule has 6 nitrogen and oxygen atoms in total. The normalized spacial score (nSPS) is 22.9. The monoisotopic (exact) mass is 463 g/mol. The highest BCUT2D eigenvalue weighted by Crippen LogP contribution is 2.35. The predicted octanol–water partition coefficient (Wildman–Crippen LogP) is 4.35. The molecular formula is C24H32F3N5O. The molecule has 0 spiro atoms. The topological polar surface area (TPSA) is 65.1 Å². The number of nitrogens with zero attached hydrogens (tertiary/aromatic N) is 4. The van der Waals surface area contributed by atoms with E-state index in [1.165, 1.54) is 17.7 Å². The van der Waals surface area contributed by atoms with Crippen molar-refractivity contribution in [3.8, 4) is 0 Å². The molecule has 2 unspecified atom stereocenters. The Hall–Kier alpha value is -2.42. The van der Waals surface area contributed by atoms with Crippen LogP contribution in [0.25, 0.3) is 0 Å². The number of fused-ring (bicyclic) bond motifs is 2. The van der Waals surface area contributed by atoms with Gasteiger partial charge in [-0.1, -0.05) is 20.3 Å². The lowest BCUT2D eigenvalue weighted by Crippen LogP contribution is -2.41. The summed E-state index contributed by atoms with van der Waals surface area (Å²) in [5, 5.41) is 7.17. The third kappa shape index (κ3) is 5.23. The number of carbonyl (C=O) groups excluding carboxylic acids is 1. The molecule has 0 radical (unpaired) electrons. The van der Waals surface area contributed by atoms with Crippen LogP contribution < -0.4 is 0 Å². The molecule has 1 saturated carbocycles. The number of hydrogen-bond acceptors (Lipinski definition) is 4. The summed E-state index contributed by atoms with van der Waals surface area (Å²) in [7, 11) is 0. The Labute approximate surface area is 192 Å². The quantitative estimate of drug-likeness (QED) is 0.719. The summed E-state index contributed by atoms with van der Waals surface area (Å²) in [6.07, 6.45) is 3.69. The Kier molecular flexibility index (Phi) is 7.07. The van der Waals surface area contributed by atoms with Gasteiger partial charge in [-0.3, -0.25) is 19.8 Å². The number of aromatic nitrogens is 3. The molecule has 0 aromatic carbocycles. The lowest BCUT2D eigenvalue weighted by atomic mass is 9.99. The first-order valence-electron chi connectivity index (χ1n) is 11.9. The van der Waals surface area contributed by atoms with Crippen molar-refractivity contribution in [2.24, 2.45) is 5.92 Å². The van der Waals surface area contributed by atoms with Gasteiger partial charge in [0.1, 0.15) is 0 Å². The van der Waals surface area contributed by atoms with Crippen LogP contribution in [-0.4, -0.2) is 50.0 Å². The summed E-state index contributed by atoms with van der Waals surface area (Å²) >= 11 is 0. The number of carbonyl (C=O) groups is 1. The Morgan fingerprint density at radius 1 is 1.12 bits per heavy atom. The first-order valence-corrected chi connectivity index (χ1v) is 11.9. The largest absolute Gasteiger partial charge is 0.417 e. The molecule has 0 bridgehead atoms. The van der Waals surface area contributed by atoms with Crippen LogP contribution in [0, 0.1) is 5.92 Å². The number of aromatic amines is 1. The zero-order valence-corrected chi connectivity index (χ0v) is 19.3. The van der Waals surface area contributed by atoms with E-state index in [-0.39, 0.29) is 18.4 Å². The van der Waals surface area contributed by atoms with Gasteiger partial charge in [0.2, 0.25) is 5.91 Å². The van der Waals surface area contributed by atoms with E-state index in [9.17, 15) is 18.0 Å². The molecule has 1 aliphatic carbocycles. The van der Waals surface area contributed by atoms with Crippen molar-refractivity contribution in [2.45, 2.75) is 77.7 Å². The summed E-state index contributed by atoms with van der Waals surface area (Å²) in [5.41, 5.74) is 2.87. The van der Waals surface area contributed by atoms with E-state index in [0.29, 0.717) is 30.3 Å². The summed E-state index contributed by atoms with van der Waals surface area (Å²) in [6.45, 7) is 6.81. The zero-order valence-electron chi connectivity index (χ0n) is 19.3. The third-order valence-electron chi connectivity index (χ3n) is 6.78. The average Bonchev–Trinajstić information content (AvgIpc) is 3.47. The summed E-state index contributed by atoms with van der Waals surface area (Å²) in [5.74, 6) is 0.0163. The average molecular weight is 464 g/mol. The van der Waals surface area contributed by atoms with Crippen molar-refractivity contribution < 1.29 is 18.0 Å². The minimum absolute atomic E-state index is 0.0546. The van der Waals surface area contributed by atoms with Crippen LogP contribution in [0.4, 0.5) is 13.2 Å².